The van der Waals surface area contributed by atoms with Crippen LogP contribution in [0.1, 0.15) is 68.8 Å². The number of piperidine rings is 1. The van der Waals surface area contributed by atoms with Gasteiger partial charge in [0.15, 0.2) is 0 Å². The van der Waals surface area contributed by atoms with Gasteiger partial charge in [-0.2, -0.15) is 0 Å². The highest BCUT2D eigenvalue weighted by Gasteiger charge is 2.47. The summed E-state index contributed by atoms with van der Waals surface area (Å²) in [4.78, 5) is 38.9. The van der Waals surface area contributed by atoms with Crippen LogP contribution < -0.4 is 5.32 Å². The van der Waals surface area contributed by atoms with Crippen molar-refractivity contribution in [3.63, 3.8) is 0 Å². The number of rotatable bonds is 4. The van der Waals surface area contributed by atoms with Gasteiger partial charge in [0.2, 0.25) is 5.91 Å². The predicted octanol–water partition coefficient (Wildman–Crippen LogP) is 3.37. The first-order valence-corrected chi connectivity index (χ1v) is 10.2. The lowest BCUT2D eigenvalue weighted by molar-refractivity contribution is -0.128. The van der Waals surface area contributed by atoms with Gasteiger partial charge in [0.05, 0.1) is 18.2 Å². The molecule has 2 aliphatic rings. The van der Waals surface area contributed by atoms with E-state index in [0.717, 1.165) is 31.2 Å². The van der Waals surface area contributed by atoms with Crippen molar-refractivity contribution < 1.29 is 23.9 Å². The lowest BCUT2D eigenvalue weighted by Gasteiger charge is -2.36. The summed E-state index contributed by atoms with van der Waals surface area (Å²) in [6.45, 7) is 5.98. The Morgan fingerprint density at radius 2 is 1.76 bits per heavy atom. The maximum absolute atomic E-state index is 13.1. The third-order valence-electron chi connectivity index (χ3n) is 5.40. The first kappa shape index (κ1) is 21.1. The number of likely N-dealkylation sites (tertiary alicyclic amines) is 1. The summed E-state index contributed by atoms with van der Waals surface area (Å²) < 4.78 is 10.2. The fourth-order valence-electron chi connectivity index (χ4n) is 3.72. The molecule has 0 bridgehead atoms. The molecule has 1 N–H and O–H groups in total. The Kier molecular flexibility index (Phi) is 5.87. The molecule has 1 aromatic carbocycles. The van der Waals surface area contributed by atoms with Crippen molar-refractivity contribution in [3.05, 3.63) is 35.4 Å². The van der Waals surface area contributed by atoms with Crippen LogP contribution in [0.25, 0.3) is 0 Å². The number of benzene rings is 1. The molecule has 1 atom stereocenters. The molecule has 7 heteroatoms. The first-order valence-electron chi connectivity index (χ1n) is 10.2. The maximum Gasteiger partial charge on any atom is 0.410 e. The summed E-state index contributed by atoms with van der Waals surface area (Å²) in [6, 6.07) is 6.60. The molecule has 0 aromatic heterocycles. The van der Waals surface area contributed by atoms with E-state index in [4.69, 9.17) is 9.47 Å². The van der Waals surface area contributed by atoms with Crippen LogP contribution in [0.2, 0.25) is 0 Å². The summed E-state index contributed by atoms with van der Waals surface area (Å²) in [5.41, 5.74) is 0.400. The molecule has 3 rings (SSSR count). The summed E-state index contributed by atoms with van der Waals surface area (Å²) in [5, 5.41) is 3.16. The zero-order valence-electron chi connectivity index (χ0n) is 17.6. The van der Waals surface area contributed by atoms with E-state index in [1.807, 2.05) is 32.9 Å². The molecule has 7 nitrogen and oxygen atoms in total. The third kappa shape index (κ3) is 4.89. The molecule has 29 heavy (non-hydrogen) atoms. The Bertz CT molecular complexity index is 777. The van der Waals surface area contributed by atoms with E-state index < -0.39 is 23.3 Å². The van der Waals surface area contributed by atoms with Crippen LogP contribution in [0.4, 0.5) is 4.79 Å². The fraction of sp³-hybridized carbons (Fsp3) is 0.591. The highest BCUT2D eigenvalue weighted by atomic mass is 16.6. The normalized spacial score (nSPS) is 20.6. The van der Waals surface area contributed by atoms with Crippen LogP contribution in [0.5, 0.6) is 0 Å². The van der Waals surface area contributed by atoms with Gasteiger partial charge in [-0.25, -0.2) is 9.59 Å². The van der Waals surface area contributed by atoms with Crippen molar-refractivity contribution in [2.45, 2.75) is 70.1 Å². The number of carbonyl (C=O) groups excluding carboxylic acids is 3. The molecule has 1 saturated carbocycles. The highest BCUT2D eigenvalue weighted by Crippen LogP contribution is 2.45. The Labute approximate surface area is 171 Å². The van der Waals surface area contributed by atoms with Crippen molar-refractivity contribution >= 4 is 18.0 Å². The SMILES string of the molecule is COC(=O)c1ccc(C2(NC(=O)C3CCCCN3C(=O)OC(C)(C)C)CC2)cc1. The van der Waals surface area contributed by atoms with Gasteiger partial charge in [0.1, 0.15) is 11.6 Å². The molecule has 158 valence electrons. The number of nitrogens with one attached hydrogen (secondary N) is 1. The largest absolute Gasteiger partial charge is 0.465 e. The Balaban J connectivity index is 1.70. The number of carbonyl (C=O) groups is 3. The molecule has 1 aliphatic carbocycles. The molecule has 1 aromatic rings. The molecule has 1 heterocycles. The van der Waals surface area contributed by atoms with E-state index in [9.17, 15) is 14.4 Å². The Morgan fingerprint density at radius 1 is 1.10 bits per heavy atom. The zero-order chi connectivity index (χ0) is 21.2. The van der Waals surface area contributed by atoms with Gasteiger partial charge in [0.25, 0.3) is 0 Å². The van der Waals surface area contributed by atoms with Gasteiger partial charge in [-0.05, 0) is 70.6 Å². The maximum atomic E-state index is 13.1. The molecule has 0 radical (unpaired) electrons. The van der Waals surface area contributed by atoms with Crippen LogP contribution in [0.15, 0.2) is 24.3 Å². The van der Waals surface area contributed by atoms with Crippen molar-refractivity contribution in [1.29, 1.82) is 0 Å². The molecular weight excluding hydrogens is 372 g/mol. The van der Waals surface area contributed by atoms with Crippen LogP contribution in [-0.2, 0) is 19.8 Å². The van der Waals surface area contributed by atoms with E-state index in [0.29, 0.717) is 18.5 Å². The lowest BCUT2D eigenvalue weighted by atomic mass is 9.99. The molecular formula is C22H30N2O5. The molecule has 2 amide bonds. The summed E-state index contributed by atoms with van der Waals surface area (Å²) in [6.07, 6.45) is 3.61. The second kappa shape index (κ2) is 8.05. The summed E-state index contributed by atoms with van der Waals surface area (Å²) >= 11 is 0. The Morgan fingerprint density at radius 3 is 2.31 bits per heavy atom. The average molecular weight is 402 g/mol. The van der Waals surface area contributed by atoms with Crippen LogP contribution in [0.3, 0.4) is 0 Å². The number of methoxy groups -OCH3 is 1. The van der Waals surface area contributed by atoms with Crippen molar-refractivity contribution in [1.82, 2.24) is 10.2 Å². The lowest BCUT2D eigenvalue weighted by Crippen LogP contribution is -2.54. The molecule has 2 fully saturated rings. The topological polar surface area (TPSA) is 84.9 Å². The van der Waals surface area contributed by atoms with Crippen LogP contribution in [0, 0.1) is 0 Å². The van der Waals surface area contributed by atoms with Gasteiger partial charge in [-0.1, -0.05) is 12.1 Å². The predicted molar refractivity (Wildman–Crippen MR) is 107 cm³/mol. The second-order valence-electron chi connectivity index (χ2n) is 8.83. The monoisotopic (exact) mass is 402 g/mol. The number of hydrogen-bond donors (Lipinski definition) is 1. The Hall–Kier alpha value is -2.57. The number of ether oxygens (including phenoxy) is 2. The zero-order valence-corrected chi connectivity index (χ0v) is 17.6. The number of nitrogens with zero attached hydrogens (tertiary/aromatic N) is 1. The van der Waals surface area contributed by atoms with Crippen molar-refractivity contribution in [2.75, 3.05) is 13.7 Å². The van der Waals surface area contributed by atoms with Gasteiger partial charge < -0.3 is 14.8 Å². The van der Waals surface area contributed by atoms with Gasteiger partial charge in [-0.3, -0.25) is 9.69 Å². The third-order valence-corrected chi connectivity index (χ3v) is 5.40. The van der Waals surface area contributed by atoms with Crippen molar-refractivity contribution in [3.8, 4) is 0 Å². The average Bonchev–Trinajstić information content (AvgIpc) is 3.46. The van der Waals surface area contributed by atoms with E-state index in [2.05, 4.69) is 5.32 Å². The smallest absolute Gasteiger partial charge is 0.410 e. The summed E-state index contributed by atoms with van der Waals surface area (Å²) in [7, 11) is 1.35. The molecule has 1 saturated heterocycles. The highest BCUT2D eigenvalue weighted by molar-refractivity contribution is 5.89. The van der Waals surface area contributed by atoms with E-state index in [-0.39, 0.29) is 11.9 Å². The minimum atomic E-state index is -0.603. The van der Waals surface area contributed by atoms with Crippen LogP contribution in [-0.4, -0.2) is 48.2 Å². The minimum Gasteiger partial charge on any atom is -0.465 e. The number of esters is 1. The van der Waals surface area contributed by atoms with Crippen molar-refractivity contribution in [2.24, 2.45) is 0 Å². The number of amides is 2. The van der Waals surface area contributed by atoms with Gasteiger partial charge >= 0.3 is 12.1 Å². The van der Waals surface area contributed by atoms with Crippen LogP contribution >= 0.6 is 0 Å². The summed E-state index contributed by atoms with van der Waals surface area (Å²) in [5.74, 6) is -0.536. The molecule has 1 unspecified atom stereocenters. The molecule has 0 spiro atoms. The number of hydrogen-bond acceptors (Lipinski definition) is 5. The minimum absolute atomic E-state index is 0.148. The fourth-order valence-corrected chi connectivity index (χ4v) is 3.72. The van der Waals surface area contributed by atoms with E-state index in [1.165, 1.54) is 7.11 Å². The van der Waals surface area contributed by atoms with E-state index in [1.54, 1.807) is 17.0 Å². The first-order chi connectivity index (χ1) is 13.6. The van der Waals surface area contributed by atoms with Gasteiger partial charge in [-0.15, -0.1) is 0 Å². The van der Waals surface area contributed by atoms with E-state index >= 15 is 0 Å². The van der Waals surface area contributed by atoms with Gasteiger partial charge in [0, 0.05) is 6.54 Å². The second-order valence-corrected chi connectivity index (χ2v) is 8.83. The quantitative estimate of drug-likeness (QED) is 0.781. The molecule has 1 aliphatic heterocycles. The standard InChI is InChI=1S/C22H30N2O5/c1-21(2,3)29-20(27)24-14-6-5-7-17(24)18(25)23-22(12-13-22)16-10-8-15(9-11-16)19(26)28-4/h8-11,17H,5-7,12-14H2,1-4H3,(H,23,25).